The minimum absolute atomic E-state index is 0.0183. The number of carbonyl (C=O) groups is 1. The fraction of sp³-hybridized carbons (Fsp3) is 0.393. The molecule has 2 atom stereocenters. The molecule has 2 fully saturated rings. The lowest BCUT2D eigenvalue weighted by Gasteiger charge is -2.40. The SMILES string of the molecule is O=C(O)N[C@H]1C[C@@H](C(F)(F)F)CN(c2ccncc2NCc2ccc(F)c(-c3c(F)cc(N4CCOCC4)cc3F)n2)C1. The number of carboxylic acid groups (broad SMARTS) is 1. The zero-order chi connectivity index (χ0) is 30.7. The normalized spacial score (nSPS) is 19.3. The highest BCUT2D eigenvalue weighted by molar-refractivity contribution is 5.70. The van der Waals surface area contributed by atoms with Gasteiger partial charge in [-0.15, -0.1) is 0 Å². The summed E-state index contributed by atoms with van der Waals surface area (Å²) < 4.78 is 91.4. The second kappa shape index (κ2) is 12.5. The Morgan fingerprint density at radius 3 is 2.42 bits per heavy atom. The van der Waals surface area contributed by atoms with Gasteiger partial charge >= 0.3 is 12.3 Å². The van der Waals surface area contributed by atoms with Crippen LogP contribution in [-0.4, -0.2) is 72.8 Å². The molecule has 9 nitrogen and oxygen atoms in total. The average molecular weight is 611 g/mol. The van der Waals surface area contributed by atoms with Crippen LogP contribution in [0.2, 0.25) is 0 Å². The number of pyridine rings is 2. The predicted octanol–water partition coefficient (Wildman–Crippen LogP) is 5.03. The van der Waals surface area contributed by atoms with Crippen molar-refractivity contribution >= 4 is 23.2 Å². The summed E-state index contributed by atoms with van der Waals surface area (Å²) in [5.41, 5.74) is -0.0171. The van der Waals surface area contributed by atoms with Crippen molar-refractivity contribution in [2.45, 2.75) is 25.2 Å². The summed E-state index contributed by atoms with van der Waals surface area (Å²) in [5, 5.41) is 14.2. The van der Waals surface area contributed by atoms with Gasteiger partial charge in [-0.25, -0.2) is 22.9 Å². The molecule has 2 aliphatic heterocycles. The van der Waals surface area contributed by atoms with Crippen molar-refractivity contribution in [3.05, 3.63) is 65.9 Å². The number of ether oxygens (including phenoxy) is 1. The number of rotatable bonds is 7. The number of anilines is 3. The maximum absolute atomic E-state index is 15.1. The third-order valence-electron chi connectivity index (χ3n) is 7.38. The molecule has 0 radical (unpaired) electrons. The molecule has 0 unspecified atom stereocenters. The van der Waals surface area contributed by atoms with E-state index >= 15 is 8.78 Å². The molecule has 0 bridgehead atoms. The lowest BCUT2D eigenvalue weighted by molar-refractivity contribution is -0.177. The highest BCUT2D eigenvalue weighted by Crippen LogP contribution is 2.37. The van der Waals surface area contributed by atoms with E-state index in [-0.39, 0.29) is 18.8 Å². The first-order chi connectivity index (χ1) is 20.5. The van der Waals surface area contributed by atoms with E-state index in [1.807, 2.05) is 0 Å². The molecule has 4 heterocycles. The molecule has 2 aliphatic rings. The molecule has 1 amide bonds. The van der Waals surface area contributed by atoms with Crippen molar-refractivity contribution in [1.29, 1.82) is 0 Å². The van der Waals surface area contributed by atoms with E-state index in [2.05, 4.69) is 20.6 Å². The molecular weight excluding hydrogens is 582 g/mol. The summed E-state index contributed by atoms with van der Waals surface area (Å²) in [7, 11) is 0. The molecule has 15 heteroatoms. The monoisotopic (exact) mass is 610 g/mol. The number of amides is 1. The molecule has 43 heavy (non-hydrogen) atoms. The standard InChI is InChI=1S/C28H28F6N6O3/c29-20-2-1-17(37-26(20)25-21(30)10-19(11-22(25)31)39-5-7-43-8-6-39)12-36-23-13-35-4-3-24(23)40-14-16(28(32,33)34)9-18(15-40)38-27(41)42/h1-4,10-11,13,16,18,36,38H,5-9,12,14-15H2,(H,41,42)/t16-,18+/m1/s1. The molecule has 0 spiro atoms. The maximum atomic E-state index is 15.1. The zero-order valence-corrected chi connectivity index (χ0v) is 22.7. The molecule has 2 saturated heterocycles. The Kier molecular flexibility index (Phi) is 8.80. The van der Waals surface area contributed by atoms with Crippen LogP contribution >= 0.6 is 0 Å². The first kappa shape index (κ1) is 30.2. The number of hydrogen-bond donors (Lipinski definition) is 3. The Morgan fingerprint density at radius 2 is 1.74 bits per heavy atom. The number of benzene rings is 1. The molecule has 5 rings (SSSR count). The Hall–Kier alpha value is -4.27. The third kappa shape index (κ3) is 7.04. The highest BCUT2D eigenvalue weighted by Gasteiger charge is 2.45. The molecule has 2 aromatic heterocycles. The average Bonchev–Trinajstić information content (AvgIpc) is 2.96. The fourth-order valence-electron chi connectivity index (χ4n) is 5.34. The van der Waals surface area contributed by atoms with Crippen LogP contribution in [0.4, 0.5) is 48.2 Å². The van der Waals surface area contributed by atoms with Gasteiger partial charge in [0.15, 0.2) is 0 Å². The van der Waals surface area contributed by atoms with Crippen molar-refractivity contribution in [2.75, 3.05) is 54.5 Å². The summed E-state index contributed by atoms with van der Waals surface area (Å²) >= 11 is 0. The van der Waals surface area contributed by atoms with E-state index < -0.39 is 65.9 Å². The second-order valence-corrected chi connectivity index (χ2v) is 10.3. The lowest BCUT2D eigenvalue weighted by atomic mass is 9.93. The van der Waals surface area contributed by atoms with E-state index in [4.69, 9.17) is 9.84 Å². The molecule has 1 aromatic carbocycles. The van der Waals surface area contributed by atoms with E-state index in [0.29, 0.717) is 43.4 Å². The first-order valence-electron chi connectivity index (χ1n) is 13.5. The Balaban J connectivity index is 1.37. The van der Waals surface area contributed by atoms with Gasteiger partial charge in [-0.05, 0) is 36.8 Å². The van der Waals surface area contributed by atoms with Crippen LogP contribution in [0.25, 0.3) is 11.3 Å². The number of piperidine rings is 1. The molecular formula is C28H28F6N6O3. The van der Waals surface area contributed by atoms with Crippen molar-refractivity contribution < 1.29 is 41.0 Å². The second-order valence-electron chi connectivity index (χ2n) is 10.3. The summed E-state index contributed by atoms with van der Waals surface area (Å²) in [6, 6.07) is 5.10. The number of aromatic nitrogens is 2. The summed E-state index contributed by atoms with van der Waals surface area (Å²) in [5.74, 6) is -4.69. The van der Waals surface area contributed by atoms with Gasteiger partial charge in [0.1, 0.15) is 23.1 Å². The van der Waals surface area contributed by atoms with Crippen LogP contribution in [0, 0.1) is 23.4 Å². The van der Waals surface area contributed by atoms with Gasteiger partial charge in [0, 0.05) is 38.1 Å². The highest BCUT2D eigenvalue weighted by atomic mass is 19.4. The lowest BCUT2D eigenvalue weighted by Crippen LogP contribution is -2.53. The Morgan fingerprint density at radius 1 is 1.02 bits per heavy atom. The van der Waals surface area contributed by atoms with Gasteiger partial charge in [0.2, 0.25) is 0 Å². The molecule has 3 aromatic rings. The van der Waals surface area contributed by atoms with E-state index in [0.717, 1.165) is 18.2 Å². The summed E-state index contributed by atoms with van der Waals surface area (Å²) in [4.78, 5) is 22.5. The molecule has 230 valence electrons. The number of alkyl halides is 3. The van der Waals surface area contributed by atoms with Crippen molar-refractivity contribution in [3.8, 4) is 11.3 Å². The van der Waals surface area contributed by atoms with Crippen LogP contribution in [0.5, 0.6) is 0 Å². The third-order valence-corrected chi connectivity index (χ3v) is 7.38. The summed E-state index contributed by atoms with van der Waals surface area (Å²) in [6.45, 7) is 1.22. The van der Waals surface area contributed by atoms with Crippen LogP contribution < -0.4 is 20.4 Å². The van der Waals surface area contributed by atoms with Gasteiger partial charge in [0.05, 0.1) is 60.5 Å². The number of halogens is 6. The maximum Gasteiger partial charge on any atom is 0.404 e. The van der Waals surface area contributed by atoms with Crippen molar-refractivity contribution in [3.63, 3.8) is 0 Å². The number of morpholine rings is 1. The minimum Gasteiger partial charge on any atom is -0.465 e. The Labute approximate surface area is 242 Å². The zero-order valence-electron chi connectivity index (χ0n) is 22.7. The van der Waals surface area contributed by atoms with Gasteiger partial charge < -0.3 is 30.3 Å². The van der Waals surface area contributed by atoms with Gasteiger partial charge in [-0.2, -0.15) is 13.2 Å². The first-order valence-corrected chi connectivity index (χ1v) is 13.5. The predicted molar refractivity (Wildman–Crippen MR) is 145 cm³/mol. The Bertz CT molecular complexity index is 1450. The van der Waals surface area contributed by atoms with E-state index in [1.54, 1.807) is 4.90 Å². The van der Waals surface area contributed by atoms with Crippen LogP contribution in [-0.2, 0) is 11.3 Å². The van der Waals surface area contributed by atoms with Crippen LogP contribution in [0.1, 0.15) is 12.1 Å². The van der Waals surface area contributed by atoms with Gasteiger partial charge in [-0.3, -0.25) is 4.98 Å². The number of nitrogens with one attached hydrogen (secondary N) is 2. The van der Waals surface area contributed by atoms with Crippen LogP contribution in [0.15, 0.2) is 42.7 Å². The smallest absolute Gasteiger partial charge is 0.404 e. The van der Waals surface area contributed by atoms with Gasteiger partial charge in [0.25, 0.3) is 0 Å². The quantitative estimate of drug-likeness (QED) is 0.320. The van der Waals surface area contributed by atoms with Crippen molar-refractivity contribution in [2.24, 2.45) is 5.92 Å². The van der Waals surface area contributed by atoms with E-state index in [9.17, 15) is 22.4 Å². The molecule has 0 aliphatic carbocycles. The van der Waals surface area contributed by atoms with Crippen LogP contribution in [0.3, 0.4) is 0 Å². The summed E-state index contributed by atoms with van der Waals surface area (Å²) in [6.07, 6.45) is -3.61. The molecule has 3 N–H and O–H groups in total. The fourth-order valence-corrected chi connectivity index (χ4v) is 5.34. The number of hydrogen-bond acceptors (Lipinski definition) is 7. The van der Waals surface area contributed by atoms with Gasteiger partial charge in [-0.1, -0.05) is 0 Å². The van der Waals surface area contributed by atoms with Crippen molar-refractivity contribution in [1.82, 2.24) is 15.3 Å². The van der Waals surface area contributed by atoms with E-state index in [1.165, 1.54) is 29.4 Å². The topological polar surface area (TPSA) is 103 Å². The molecule has 0 saturated carbocycles. The number of nitrogens with zero attached hydrogens (tertiary/aromatic N) is 4. The minimum atomic E-state index is -4.54. The largest absolute Gasteiger partial charge is 0.465 e.